The molecule has 2 aromatic rings. The molecule has 0 aliphatic rings. The van der Waals surface area contributed by atoms with Crippen LogP contribution in [0.4, 0.5) is 0 Å². The molecule has 2 rings (SSSR count). The Morgan fingerprint density at radius 1 is 1.58 bits per heavy atom. The van der Waals surface area contributed by atoms with Gasteiger partial charge in [-0.25, -0.2) is 0 Å². The number of nitrogens with one attached hydrogen (secondary N) is 2. The van der Waals surface area contributed by atoms with Crippen LogP contribution >= 0.6 is 12.2 Å². The number of nitrogens with zero attached hydrogens (tertiary/aromatic N) is 4. The predicted molar refractivity (Wildman–Crippen MR) is 43.8 cm³/mol. The zero-order valence-corrected chi connectivity index (χ0v) is 7.09. The lowest BCUT2D eigenvalue weighted by molar-refractivity contribution is 0.630. The number of rotatable bonds is 1. The Hall–Kier alpha value is -1.50. The van der Waals surface area contributed by atoms with Crippen LogP contribution in [0.5, 0.6) is 0 Å². The van der Waals surface area contributed by atoms with E-state index in [2.05, 4.69) is 25.6 Å². The minimum absolute atomic E-state index is 0.528. The Labute approximate surface area is 72.6 Å². The van der Waals surface area contributed by atoms with E-state index in [0.29, 0.717) is 10.5 Å². The molecule has 0 fully saturated rings. The number of H-pyrrole nitrogens is 2. The zero-order chi connectivity index (χ0) is 8.55. The zero-order valence-electron chi connectivity index (χ0n) is 6.27. The minimum Gasteiger partial charge on any atom is -0.307 e. The highest BCUT2D eigenvalue weighted by atomic mass is 32.1. The highest BCUT2D eigenvalue weighted by Gasteiger charge is 2.06. The minimum atomic E-state index is 0.528. The molecule has 0 saturated carbocycles. The normalized spacial score (nSPS) is 10.4. The number of aryl methyl sites for hydroxylation is 1. The first kappa shape index (κ1) is 7.17. The first-order valence-electron chi connectivity index (χ1n) is 3.28. The molecule has 0 saturated heterocycles. The molecule has 2 aromatic heterocycles. The van der Waals surface area contributed by atoms with E-state index in [1.54, 1.807) is 13.2 Å². The number of tetrazole rings is 1. The van der Waals surface area contributed by atoms with Crippen molar-refractivity contribution in [2.24, 2.45) is 7.05 Å². The van der Waals surface area contributed by atoms with Crippen LogP contribution < -0.4 is 0 Å². The molecule has 62 valence electrons. The van der Waals surface area contributed by atoms with Crippen LogP contribution in [0.3, 0.4) is 0 Å². The number of hydrogen-bond donors (Lipinski definition) is 2. The van der Waals surface area contributed by atoms with Gasteiger partial charge in [-0.2, -0.15) is 4.80 Å². The van der Waals surface area contributed by atoms with Gasteiger partial charge in [0.15, 0.2) is 0 Å². The van der Waals surface area contributed by atoms with E-state index in [4.69, 9.17) is 12.2 Å². The lowest BCUT2D eigenvalue weighted by Crippen LogP contribution is -1.91. The average molecular weight is 182 g/mol. The first-order chi connectivity index (χ1) is 5.77. The molecule has 0 atom stereocenters. The van der Waals surface area contributed by atoms with Crippen molar-refractivity contribution in [3.63, 3.8) is 0 Å². The summed E-state index contributed by atoms with van der Waals surface area (Å²) in [6, 6.07) is 0. The number of aromatic nitrogens is 6. The molecule has 0 spiro atoms. The molecule has 0 aromatic carbocycles. The van der Waals surface area contributed by atoms with E-state index < -0.39 is 0 Å². The third kappa shape index (κ3) is 1.03. The number of aromatic amines is 2. The maximum atomic E-state index is 4.97. The van der Waals surface area contributed by atoms with Crippen molar-refractivity contribution in [1.29, 1.82) is 0 Å². The molecule has 0 unspecified atom stereocenters. The molecule has 7 heteroatoms. The fourth-order valence-electron chi connectivity index (χ4n) is 0.865. The van der Waals surface area contributed by atoms with Crippen LogP contribution in [0.2, 0.25) is 0 Å². The van der Waals surface area contributed by atoms with Crippen LogP contribution in [0, 0.1) is 4.64 Å². The van der Waals surface area contributed by atoms with E-state index in [-0.39, 0.29) is 0 Å². The Morgan fingerprint density at radius 2 is 2.42 bits per heavy atom. The van der Waals surface area contributed by atoms with E-state index in [9.17, 15) is 0 Å². The Balaban J connectivity index is 2.58. The molecule has 0 radical (unpaired) electrons. The quantitative estimate of drug-likeness (QED) is 0.620. The van der Waals surface area contributed by atoms with Gasteiger partial charge < -0.3 is 5.10 Å². The summed E-state index contributed by atoms with van der Waals surface area (Å²) in [7, 11) is 1.70. The van der Waals surface area contributed by atoms with Crippen molar-refractivity contribution >= 4 is 12.2 Å². The van der Waals surface area contributed by atoms with Crippen LogP contribution in [-0.4, -0.2) is 30.4 Å². The van der Waals surface area contributed by atoms with E-state index >= 15 is 0 Å². The van der Waals surface area contributed by atoms with Gasteiger partial charge in [0.1, 0.15) is 4.64 Å². The molecule has 6 nitrogen and oxygen atoms in total. The first-order valence-corrected chi connectivity index (χ1v) is 3.68. The van der Waals surface area contributed by atoms with Crippen LogP contribution in [0.25, 0.3) is 11.4 Å². The summed E-state index contributed by atoms with van der Waals surface area (Å²) < 4.78 is 0.586. The van der Waals surface area contributed by atoms with Gasteiger partial charge in [0.2, 0.25) is 5.82 Å². The fourth-order valence-corrected chi connectivity index (χ4v) is 1.07. The Bertz CT molecular complexity index is 436. The largest absolute Gasteiger partial charge is 0.307 e. The summed E-state index contributed by atoms with van der Waals surface area (Å²) in [5.41, 5.74) is 0.762. The molecule has 0 amide bonds. The van der Waals surface area contributed by atoms with Gasteiger partial charge in [-0.15, -0.1) is 10.2 Å². The summed E-state index contributed by atoms with van der Waals surface area (Å²) in [4.78, 5) is 1.39. The van der Waals surface area contributed by atoms with Crippen LogP contribution in [0.1, 0.15) is 0 Å². The second-order valence-corrected chi connectivity index (χ2v) is 2.67. The lowest BCUT2D eigenvalue weighted by Gasteiger charge is -1.82. The van der Waals surface area contributed by atoms with Crippen molar-refractivity contribution in [1.82, 2.24) is 30.4 Å². The summed E-state index contributed by atoms with van der Waals surface area (Å²) in [5.74, 6) is 0.528. The van der Waals surface area contributed by atoms with Crippen molar-refractivity contribution in [3.05, 3.63) is 10.8 Å². The maximum Gasteiger partial charge on any atom is 0.209 e. The van der Waals surface area contributed by atoms with Crippen molar-refractivity contribution in [2.45, 2.75) is 0 Å². The summed E-state index contributed by atoms with van der Waals surface area (Å²) in [5, 5.41) is 17.0. The third-order valence-corrected chi connectivity index (χ3v) is 1.72. The van der Waals surface area contributed by atoms with E-state index in [1.807, 2.05) is 0 Å². The maximum absolute atomic E-state index is 4.97. The Kier molecular flexibility index (Phi) is 1.51. The third-order valence-electron chi connectivity index (χ3n) is 1.40. The van der Waals surface area contributed by atoms with E-state index in [1.165, 1.54) is 4.80 Å². The molecule has 2 N–H and O–H groups in total. The van der Waals surface area contributed by atoms with Gasteiger partial charge >= 0.3 is 0 Å². The smallest absolute Gasteiger partial charge is 0.209 e. The Morgan fingerprint density at radius 3 is 2.92 bits per heavy atom. The lowest BCUT2D eigenvalue weighted by atomic mass is 10.3. The summed E-state index contributed by atoms with van der Waals surface area (Å²) >= 11 is 4.97. The molecular weight excluding hydrogens is 176 g/mol. The van der Waals surface area contributed by atoms with Gasteiger partial charge in [-0.1, -0.05) is 12.2 Å². The van der Waals surface area contributed by atoms with Crippen molar-refractivity contribution in [3.8, 4) is 11.4 Å². The van der Waals surface area contributed by atoms with Gasteiger partial charge in [0.05, 0.1) is 12.6 Å². The topological polar surface area (TPSA) is 75.2 Å². The second-order valence-electron chi connectivity index (χ2n) is 2.26. The highest BCUT2D eigenvalue weighted by molar-refractivity contribution is 7.71. The fraction of sp³-hybridized carbons (Fsp3) is 0.200. The molecule has 2 heterocycles. The van der Waals surface area contributed by atoms with Crippen LogP contribution in [-0.2, 0) is 7.05 Å². The monoisotopic (exact) mass is 182 g/mol. The van der Waals surface area contributed by atoms with Crippen molar-refractivity contribution < 1.29 is 0 Å². The molecule has 0 aliphatic carbocycles. The van der Waals surface area contributed by atoms with Crippen molar-refractivity contribution in [2.75, 3.05) is 0 Å². The SMILES string of the molecule is Cn1nnc(-c2c[nH][nH]c2=S)n1. The molecule has 0 aliphatic heterocycles. The predicted octanol–water partition coefficient (Wildman–Crippen LogP) is 0.263. The molecular formula is C5H6N6S. The standard InChI is InChI=1S/C5H6N6S/c1-11-9-4(7-10-11)3-2-6-8-5(3)12/h2H,1H3,(H2,6,8,12). The van der Waals surface area contributed by atoms with Gasteiger partial charge in [-0.05, 0) is 5.21 Å². The second kappa shape index (κ2) is 2.52. The van der Waals surface area contributed by atoms with Gasteiger partial charge in [0.25, 0.3) is 0 Å². The van der Waals surface area contributed by atoms with E-state index in [0.717, 1.165) is 5.56 Å². The highest BCUT2D eigenvalue weighted by Crippen LogP contribution is 2.11. The summed E-state index contributed by atoms with van der Waals surface area (Å²) in [6.07, 6.45) is 1.71. The molecule has 12 heavy (non-hydrogen) atoms. The average Bonchev–Trinajstić information content (AvgIpc) is 2.58. The van der Waals surface area contributed by atoms with Crippen LogP contribution in [0.15, 0.2) is 6.20 Å². The van der Waals surface area contributed by atoms with Gasteiger partial charge in [0, 0.05) is 6.20 Å². The van der Waals surface area contributed by atoms with Gasteiger partial charge in [-0.3, -0.25) is 5.10 Å². The number of hydrogen-bond acceptors (Lipinski definition) is 4. The summed E-state index contributed by atoms with van der Waals surface area (Å²) in [6.45, 7) is 0. The molecule has 0 bridgehead atoms.